The van der Waals surface area contributed by atoms with E-state index in [-0.39, 0.29) is 11.9 Å². The molecule has 1 aromatic carbocycles. The van der Waals surface area contributed by atoms with Gasteiger partial charge in [0.2, 0.25) is 0 Å². The number of benzene rings is 1. The Balaban J connectivity index is 2.26. The molecule has 3 heteroatoms. The highest BCUT2D eigenvalue weighted by Crippen LogP contribution is 2.30. The molecule has 0 aromatic heterocycles. The fourth-order valence-electron chi connectivity index (χ4n) is 1.59. The van der Waals surface area contributed by atoms with Crippen LogP contribution in [0.5, 0.6) is 0 Å². The van der Waals surface area contributed by atoms with Crippen LogP contribution in [-0.4, -0.2) is 13.1 Å². The van der Waals surface area contributed by atoms with Crippen LogP contribution in [0, 0.1) is 0 Å². The third-order valence-corrected chi connectivity index (χ3v) is 2.22. The van der Waals surface area contributed by atoms with E-state index in [1.807, 2.05) is 36.4 Å². The maximum Gasteiger partial charge on any atom is 0.353 e. The molecule has 0 heterocycles. The van der Waals surface area contributed by atoms with Crippen LogP contribution in [0.15, 0.2) is 30.3 Å². The minimum atomic E-state index is -0.381. The molecule has 0 saturated heterocycles. The van der Waals surface area contributed by atoms with Gasteiger partial charge < -0.3 is 0 Å². The normalized spacial score (nSPS) is 17.9. The third-order valence-electron chi connectivity index (χ3n) is 2.22. The summed E-state index contributed by atoms with van der Waals surface area (Å²) in [6.07, 6.45) is 3.73. The molecule has 0 fully saturated rings. The Morgan fingerprint density at radius 2 is 2.14 bits per heavy atom. The first-order valence-electron chi connectivity index (χ1n) is 4.34. The lowest BCUT2D eigenvalue weighted by molar-refractivity contribution is -0.255. The van der Waals surface area contributed by atoms with Crippen molar-refractivity contribution in [2.45, 2.75) is 5.92 Å². The molecule has 0 saturated carbocycles. The number of hydrogen-bond donors (Lipinski definition) is 0. The van der Waals surface area contributed by atoms with Gasteiger partial charge in [0.05, 0.1) is 7.11 Å². The van der Waals surface area contributed by atoms with Crippen LogP contribution in [0.25, 0.3) is 6.08 Å². The summed E-state index contributed by atoms with van der Waals surface area (Å²) >= 11 is 0. The quantitative estimate of drug-likeness (QED) is 0.527. The Kier molecular flexibility index (Phi) is 2.33. The maximum atomic E-state index is 11.4. The van der Waals surface area contributed by atoms with Crippen molar-refractivity contribution in [2.24, 2.45) is 0 Å². The van der Waals surface area contributed by atoms with Gasteiger partial charge in [-0.15, -0.1) is 0 Å². The molecule has 2 rings (SSSR count). The SMILES string of the molecule is COOC(=O)C1C=Cc2ccccc21. The Morgan fingerprint density at radius 3 is 2.93 bits per heavy atom. The van der Waals surface area contributed by atoms with Gasteiger partial charge in [-0.2, -0.15) is 4.89 Å². The van der Waals surface area contributed by atoms with E-state index in [2.05, 4.69) is 9.78 Å². The molecule has 0 radical (unpaired) electrons. The van der Waals surface area contributed by atoms with Crippen LogP contribution in [-0.2, 0) is 14.6 Å². The number of carbonyl (C=O) groups excluding carboxylic acids is 1. The highest BCUT2D eigenvalue weighted by atomic mass is 17.2. The van der Waals surface area contributed by atoms with Crippen molar-refractivity contribution in [3.05, 3.63) is 41.5 Å². The van der Waals surface area contributed by atoms with Gasteiger partial charge in [0.1, 0.15) is 5.92 Å². The molecule has 3 nitrogen and oxygen atoms in total. The lowest BCUT2D eigenvalue weighted by atomic mass is 10.0. The van der Waals surface area contributed by atoms with E-state index in [0.717, 1.165) is 11.1 Å². The zero-order valence-electron chi connectivity index (χ0n) is 7.77. The zero-order chi connectivity index (χ0) is 9.97. The fourth-order valence-corrected chi connectivity index (χ4v) is 1.59. The molecule has 1 unspecified atom stereocenters. The number of rotatable bonds is 2. The van der Waals surface area contributed by atoms with E-state index in [0.29, 0.717) is 0 Å². The summed E-state index contributed by atoms with van der Waals surface area (Å²) in [5, 5.41) is 0. The Morgan fingerprint density at radius 1 is 1.36 bits per heavy atom. The summed E-state index contributed by atoms with van der Waals surface area (Å²) in [5.41, 5.74) is 2.03. The van der Waals surface area contributed by atoms with Crippen LogP contribution in [0.2, 0.25) is 0 Å². The molecule has 1 atom stereocenters. The zero-order valence-corrected chi connectivity index (χ0v) is 7.77. The molecule has 0 bridgehead atoms. The predicted molar refractivity (Wildman–Crippen MR) is 51.3 cm³/mol. The average Bonchev–Trinajstić information content (AvgIpc) is 2.61. The number of fused-ring (bicyclic) bond motifs is 1. The van der Waals surface area contributed by atoms with Gasteiger partial charge in [0, 0.05) is 0 Å². The minimum absolute atomic E-state index is 0.328. The van der Waals surface area contributed by atoms with Gasteiger partial charge in [0.15, 0.2) is 0 Å². The minimum Gasteiger partial charge on any atom is -0.298 e. The second-order valence-corrected chi connectivity index (χ2v) is 3.03. The molecule has 72 valence electrons. The van der Waals surface area contributed by atoms with Gasteiger partial charge in [0.25, 0.3) is 0 Å². The summed E-state index contributed by atoms with van der Waals surface area (Å²) in [6, 6.07) is 7.72. The molecule has 0 amide bonds. The van der Waals surface area contributed by atoms with E-state index in [9.17, 15) is 4.79 Å². The predicted octanol–water partition coefficient (Wildman–Crippen LogP) is 1.90. The molecular weight excluding hydrogens is 180 g/mol. The van der Waals surface area contributed by atoms with E-state index in [4.69, 9.17) is 0 Å². The van der Waals surface area contributed by atoms with Crippen molar-refractivity contribution < 1.29 is 14.6 Å². The van der Waals surface area contributed by atoms with Crippen LogP contribution in [0.4, 0.5) is 0 Å². The van der Waals surface area contributed by atoms with Crippen molar-refractivity contribution in [1.29, 1.82) is 0 Å². The second-order valence-electron chi connectivity index (χ2n) is 3.03. The molecule has 0 N–H and O–H groups in total. The van der Waals surface area contributed by atoms with Crippen molar-refractivity contribution in [3.63, 3.8) is 0 Å². The van der Waals surface area contributed by atoms with Gasteiger partial charge in [-0.3, -0.25) is 4.89 Å². The van der Waals surface area contributed by atoms with E-state index < -0.39 is 0 Å². The van der Waals surface area contributed by atoms with Gasteiger partial charge >= 0.3 is 5.97 Å². The number of carbonyl (C=O) groups is 1. The fraction of sp³-hybridized carbons (Fsp3) is 0.182. The molecule has 0 aliphatic heterocycles. The van der Waals surface area contributed by atoms with Gasteiger partial charge in [-0.05, 0) is 11.1 Å². The van der Waals surface area contributed by atoms with E-state index in [1.54, 1.807) is 0 Å². The van der Waals surface area contributed by atoms with Crippen LogP contribution in [0.1, 0.15) is 17.0 Å². The summed E-state index contributed by atoms with van der Waals surface area (Å²) in [7, 11) is 1.32. The van der Waals surface area contributed by atoms with Crippen LogP contribution in [0.3, 0.4) is 0 Å². The smallest absolute Gasteiger partial charge is 0.298 e. The standard InChI is InChI=1S/C11H10O3/c1-13-14-11(12)10-7-6-8-4-2-3-5-9(8)10/h2-7,10H,1H3. The molecular formula is C11H10O3. The largest absolute Gasteiger partial charge is 0.353 e. The van der Waals surface area contributed by atoms with E-state index >= 15 is 0 Å². The van der Waals surface area contributed by atoms with Crippen molar-refractivity contribution in [3.8, 4) is 0 Å². The molecule has 1 aliphatic carbocycles. The Labute approximate surface area is 81.9 Å². The van der Waals surface area contributed by atoms with E-state index in [1.165, 1.54) is 7.11 Å². The van der Waals surface area contributed by atoms with Gasteiger partial charge in [-0.1, -0.05) is 36.4 Å². The maximum absolute atomic E-state index is 11.4. The molecule has 1 aromatic rings. The van der Waals surface area contributed by atoms with Crippen LogP contribution < -0.4 is 0 Å². The first-order valence-corrected chi connectivity index (χ1v) is 4.34. The first kappa shape index (κ1) is 8.97. The molecule has 14 heavy (non-hydrogen) atoms. The summed E-state index contributed by atoms with van der Waals surface area (Å²) < 4.78 is 0. The molecule has 0 spiro atoms. The van der Waals surface area contributed by atoms with Gasteiger partial charge in [-0.25, -0.2) is 4.79 Å². The summed E-state index contributed by atoms with van der Waals surface area (Å²) in [5.74, 6) is -0.708. The Bertz CT molecular complexity index is 382. The topological polar surface area (TPSA) is 35.5 Å². The second kappa shape index (κ2) is 3.64. The van der Waals surface area contributed by atoms with Crippen molar-refractivity contribution in [2.75, 3.05) is 7.11 Å². The monoisotopic (exact) mass is 190 g/mol. The highest BCUT2D eigenvalue weighted by molar-refractivity contribution is 5.86. The van der Waals surface area contributed by atoms with Crippen molar-refractivity contribution >= 4 is 12.0 Å². The highest BCUT2D eigenvalue weighted by Gasteiger charge is 2.25. The van der Waals surface area contributed by atoms with Crippen LogP contribution >= 0.6 is 0 Å². The first-order chi connectivity index (χ1) is 6.83. The summed E-state index contributed by atoms with van der Waals surface area (Å²) in [4.78, 5) is 20.2. The molecule has 1 aliphatic rings. The average molecular weight is 190 g/mol. The number of hydrogen-bond acceptors (Lipinski definition) is 3. The lowest BCUT2D eigenvalue weighted by Gasteiger charge is -2.07. The lowest BCUT2D eigenvalue weighted by Crippen LogP contribution is -2.12. The third kappa shape index (κ3) is 1.42. The summed E-state index contributed by atoms with van der Waals surface area (Å²) in [6.45, 7) is 0. The van der Waals surface area contributed by atoms with Crippen molar-refractivity contribution in [1.82, 2.24) is 0 Å². The Hall–Kier alpha value is -1.61.